The Labute approximate surface area is 124 Å². The summed E-state index contributed by atoms with van der Waals surface area (Å²) in [6.07, 6.45) is 0. The summed E-state index contributed by atoms with van der Waals surface area (Å²) in [5.41, 5.74) is 2.98. The monoisotopic (exact) mass is 308 g/mol. The molecule has 3 aromatic rings. The number of hydrogen-bond acceptors (Lipinski definition) is 3. The molecule has 2 aromatic carbocycles. The van der Waals surface area contributed by atoms with E-state index in [2.05, 4.69) is 5.43 Å². The van der Waals surface area contributed by atoms with Gasteiger partial charge in [0.1, 0.15) is 23.4 Å². The summed E-state index contributed by atoms with van der Waals surface area (Å²) in [6.45, 7) is 0. The number of fused-ring (bicyclic) bond motifs is 1. The number of para-hydroxylation sites is 1. The van der Waals surface area contributed by atoms with E-state index in [-0.39, 0.29) is 5.56 Å². The molecule has 0 aliphatic rings. The first-order valence-electron chi connectivity index (χ1n) is 6.19. The van der Waals surface area contributed by atoms with Crippen molar-refractivity contribution in [3.05, 3.63) is 70.4 Å². The third-order valence-electron chi connectivity index (χ3n) is 3.24. The van der Waals surface area contributed by atoms with E-state index >= 15 is 0 Å². The van der Waals surface area contributed by atoms with Gasteiger partial charge in [-0.1, -0.05) is 23.7 Å². The summed E-state index contributed by atoms with van der Waals surface area (Å²) in [5, 5.41) is 1.20. The molecule has 6 heteroatoms. The second-order valence-corrected chi connectivity index (χ2v) is 4.98. The van der Waals surface area contributed by atoms with Crippen molar-refractivity contribution in [2.24, 2.45) is 5.84 Å². The Morgan fingerprint density at radius 2 is 1.95 bits per heavy atom. The van der Waals surface area contributed by atoms with Crippen molar-refractivity contribution in [2.45, 2.75) is 6.04 Å². The SMILES string of the molecule is NNC(c1cc2cccc(Cl)c2o1)c1cc(F)ccc1F. The van der Waals surface area contributed by atoms with Crippen LogP contribution in [0.3, 0.4) is 0 Å². The molecule has 0 saturated carbocycles. The highest BCUT2D eigenvalue weighted by Crippen LogP contribution is 2.32. The van der Waals surface area contributed by atoms with Crippen molar-refractivity contribution >= 4 is 22.6 Å². The number of rotatable bonds is 3. The summed E-state index contributed by atoms with van der Waals surface area (Å²) < 4.78 is 32.9. The van der Waals surface area contributed by atoms with Crippen LogP contribution in [0, 0.1) is 11.6 Å². The molecule has 0 spiro atoms. The van der Waals surface area contributed by atoms with E-state index in [0.717, 1.165) is 23.6 Å². The highest BCUT2D eigenvalue weighted by atomic mass is 35.5. The third kappa shape index (κ3) is 2.51. The lowest BCUT2D eigenvalue weighted by Gasteiger charge is -2.14. The summed E-state index contributed by atoms with van der Waals surface area (Å²) in [7, 11) is 0. The highest BCUT2D eigenvalue weighted by Gasteiger charge is 2.21. The average Bonchev–Trinajstić information content (AvgIpc) is 2.89. The average molecular weight is 309 g/mol. The zero-order chi connectivity index (χ0) is 15.0. The molecule has 1 heterocycles. The van der Waals surface area contributed by atoms with E-state index in [1.165, 1.54) is 0 Å². The molecule has 3 rings (SSSR count). The molecule has 108 valence electrons. The molecular weight excluding hydrogens is 298 g/mol. The number of furan rings is 1. The van der Waals surface area contributed by atoms with Gasteiger partial charge in [0.2, 0.25) is 0 Å². The van der Waals surface area contributed by atoms with Crippen LogP contribution >= 0.6 is 11.6 Å². The lowest BCUT2D eigenvalue weighted by atomic mass is 10.0. The molecule has 0 amide bonds. The van der Waals surface area contributed by atoms with Crippen LogP contribution < -0.4 is 11.3 Å². The standard InChI is InChI=1S/C15H11ClF2N2O/c16-11-3-1-2-8-6-13(21-15(8)11)14(20-19)10-7-9(17)4-5-12(10)18/h1-7,14,20H,19H2. The first-order valence-corrected chi connectivity index (χ1v) is 6.57. The van der Waals surface area contributed by atoms with Crippen LogP contribution in [0.5, 0.6) is 0 Å². The number of hydrazine groups is 1. The lowest BCUT2D eigenvalue weighted by molar-refractivity contribution is 0.460. The van der Waals surface area contributed by atoms with Crippen LogP contribution in [0.4, 0.5) is 8.78 Å². The van der Waals surface area contributed by atoms with Crippen LogP contribution in [0.2, 0.25) is 5.02 Å². The maximum atomic E-state index is 13.9. The predicted molar refractivity (Wildman–Crippen MR) is 76.7 cm³/mol. The van der Waals surface area contributed by atoms with E-state index in [4.69, 9.17) is 21.9 Å². The van der Waals surface area contributed by atoms with Gasteiger partial charge in [0.15, 0.2) is 5.58 Å². The van der Waals surface area contributed by atoms with Gasteiger partial charge in [-0.15, -0.1) is 0 Å². The van der Waals surface area contributed by atoms with Crippen molar-refractivity contribution in [1.29, 1.82) is 0 Å². The fourth-order valence-electron chi connectivity index (χ4n) is 2.25. The largest absolute Gasteiger partial charge is 0.457 e. The second-order valence-electron chi connectivity index (χ2n) is 4.57. The molecule has 0 bridgehead atoms. The number of hydrogen-bond donors (Lipinski definition) is 2. The zero-order valence-corrected chi connectivity index (χ0v) is 11.5. The summed E-state index contributed by atoms with van der Waals surface area (Å²) >= 11 is 6.04. The molecule has 3 N–H and O–H groups in total. The molecule has 1 atom stereocenters. The third-order valence-corrected chi connectivity index (χ3v) is 3.53. The second kappa shape index (κ2) is 5.44. The van der Waals surface area contributed by atoms with Crippen LogP contribution in [0.25, 0.3) is 11.0 Å². The van der Waals surface area contributed by atoms with Gasteiger partial charge in [0, 0.05) is 10.9 Å². The molecular formula is C15H11ClF2N2O. The van der Waals surface area contributed by atoms with E-state index in [1.54, 1.807) is 18.2 Å². The Balaban J connectivity index is 2.13. The first kappa shape index (κ1) is 14.0. The quantitative estimate of drug-likeness (QED) is 0.569. The fourth-order valence-corrected chi connectivity index (χ4v) is 2.47. The van der Waals surface area contributed by atoms with Crippen molar-refractivity contribution in [1.82, 2.24) is 5.43 Å². The van der Waals surface area contributed by atoms with Crippen molar-refractivity contribution < 1.29 is 13.2 Å². The van der Waals surface area contributed by atoms with Crippen LogP contribution in [-0.2, 0) is 0 Å². The number of nitrogens with one attached hydrogen (secondary N) is 1. The van der Waals surface area contributed by atoms with Crippen molar-refractivity contribution in [3.8, 4) is 0 Å². The molecule has 0 fully saturated rings. The summed E-state index contributed by atoms with van der Waals surface area (Å²) in [5.74, 6) is 4.70. The Bertz CT molecular complexity index is 803. The Morgan fingerprint density at radius 3 is 2.67 bits per heavy atom. The zero-order valence-electron chi connectivity index (χ0n) is 10.7. The molecule has 1 aromatic heterocycles. The maximum absolute atomic E-state index is 13.9. The predicted octanol–water partition coefficient (Wildman–Crippen LogP) is 3.92. The maximum Gasteiger partial charge on any atom is 0.152 e. The van der Waals surface area contributed by atoms with Gasteiger partial charge < -0.3 is 4.42 Å². The smallest absolute Gasteiger partial charge is 0.152 e. The van der Waals surface area contributed by atoms with Gasteiger partial charge in [0.05, 0.1) is 5.02 Å². The van der Waals surface area contributed by atoms with E-state index < -0.39 is 17.7 Å². The molecule has 21 heavy (non-hydrogen) atoms. The van der Waals surface area contributed by atoms with Gasteiger partial charge in [0.25, 0.3) is 0 Å². The van der Waals surface area contributed by atoms with Crippen LogP contribution in [-0.4, -0.2) is 0 Å². The molecule has 0 aliphatic heterocycles. The van der Waals surface area contributed by atoms with Crippen molar-refractivity contribution in [3.63, 3.8) is 0 Å². The Hall–Kier alpha value is -1.95. The van der Waals surface area contributed by atoms with Crippen molar-refractivity contribution in [2.75, 3.05) is 0 Å². The Kier molecular flexibility index (Phi) is 3.63. The first-order chi connectivity index (χ1) is 10.1. The molecule has 1 unspecified atom stereocenters. The lowest BCUT2D eigenvalue weighted by Crippen LogP contribution is -2.29. The molecule has 3 nitrogen and oxygen atoms in total. The molecule has 0 aliphatic carbocycles. The molecule has 0 saturated heterocycles. The minimum absolute atomic E-state index is 0.0627. The number of benzene rings is 2. The summed E-state index contributed by atoms with van der Waals surface area (Å²) in [6, 6.07) is 9.31. The van der Waals surface area contributed by atoms with Gasteiger partial charge in [-0.2, -0.15) is 0 Å². The van der Waals surface area contributed by atoms with E-state index in [0.29, 0.717) is 16.4 Å². The van der Waals surface area contributed by atoms with Gasteiger partial charge in [-0.25, -0.2) is 14.2 Å². The topological polar surface area (TPSA) is 51.2 Å². The van der Waals surface area contributed by atoms with E-state index in [1.807, 2.05) is 6.07 Å². The Morgan fingerprint density at radius 1 is 1.14 bits per heavy atom. The summed E-state index contributed by atoms with van der Waals surface area (Å²) in [4.78, 5) is 0. The van der Waals surface area contributed by atoms with Crippen LogP contribution in [0.1, 0.15) is 17.4 Å². The highest BCUT2D eigenvalue weighted by molar-refractivity contribution is 6.34. The van der Waals surface area contributed by atoms with Gasteiger partial charge >= 0.3 is 0 Å². The molecule has 0 radical (unpaired) electrons. The minimum Gasteiger partial charge on any atom is -0.457 e. The fraction of sp³-hybridized carbons (Fsp3) is 0.0667. The minimum atomic E-state index is -0.816. The van der Waals surface area contributed by atoms with E-state index in [9.17, 15) is 8.78 Å². The number of nitrogens with two attached hydrogens (primary N) is 1. The van der Waals surface area contributed by atoms with Gasteiger partial charge in [-0.3, -0.25) is 5.84 Å². The normalized spacial score (nSPS) is 12.8. The van der Waals surface area contributed by atoms with Gasteiger partial charge in [-0.05, 0) is 30.3 Å². The van der Waals surface area contributed by atoms with Crippen LogP contribution in [0.15, 0.2) is 46.9 Å². The number of halogens is 3.